The molecule has 2 heterocycles. The van der Waals surface area contributed by atoms with Crippen LogP contribution in [-0.4, -0.2) is 16.0 Å². The van der Waals surface area contributed by atoms with Crippen molar-refractivity contribution in [2.75, 3.05) is 10.7 Å². The summed E-state index contributed by atoms with van der Waals surface area (Å²) in [4.78, 5) is 11.6. The van der Waals surface area contributed by atoms with Gasteiger partial charge >= 0.3 is 0 Å². The van der Waals surface area contributed by atoms with Crippen LogP contribution < -0.4 is 16.6 Å². The fourth-order valence-corrected chi connectivity index (χ4v) is 3.20. The number of hydrogen-bond donors (Lipinski definition) is 3. The Bertz CT molecular complexity index is 581. The van der Waals surface area contributed by atoms with E-state index in [0.717, 1.165) is 30.9 Å². The van der Waals surface area contributed by atoms with Crippen LogP contribution in [0, 0.1) is 6.92 Å². The van der Waals surface area contributed by atoms with E-state index in [0.29, 0.717) is 11.9 Å². The molecule has 2 aromatic heterocycles. The van der Waals surface area contributed by atoms with Crippen LogP contribution in [0.2, 0.25) is 0 Å². The Morgan fingerprint density at radius 2 is 2.05 bits per heavy atom. The van der Waals surface area contributed by atoms with E-state index in [4.69, 9.17) is 5.84 Å². The molecule has 0 aliphatic carbocycles. The molecule has 0 saturated heterocycles. The molecule has 6 heteroatoms. The highest BCUT2D eigenvalue weighted by molar-refractivity contribution is 7.11. The molecular formula is C15H23N5S. The van der Waals surface area contributed by atoms with Crippen molar-refractivity contribution in [3.05, 3.63) is 33.8 Å². The zero-order valence-electron chi connectivity index (χ0n) is 12.8. The van der Waals surface area contributed by atoms with Crippen molar-refractivity contribution in [1.82, 2.24) is 9.97 Å². The summed E-state index contributed by atoms with van der Waals surface area (Å²) < 4.78 is 0. The highest BCUT2D eigenvalue weighted by Gasteiger charge is 2.09. The molecule has 0 aromatic carbocycles. The standard InChI is InChI=1S/C15H23N5S/c1-4-5-13-18-14(9-15(19-13)20-16)17-10(2)8-12-7-6-11(3)21-12/h6-7,9-10H,4-5,8,16H2,1-3H3,(H2,17,18,19,20). The Hall–Kier alpha value is -1.66. The Kier molecular flexibility index (Phi) is 5.52. The molecular weight excluding hydrogens is 282 g/mol. The number of hydrazine groups is 1. The Labute approximate surface area is 130 Å². The average molecular weight is 305 g/mol. The molecule has 2 rings (SSSR count). The largest absolute Gasteiger partial charge is 0.367 e. The number of rotatable bonds is 7. The lowest BCUT2D eigenvalue weighted by atomic mass is 10.2. The van der Waals surface area contributed by atoms with E-state index < -0.39 is 0 Å². The summed E-state index contributed by atoms with van der Waals surface area (Å²) in [6, 6.07) is 6.49. The molecule has 2 aromatic rings. The number of thiophene rings is 1. The number of nitrogens with zero attached hydrogens (tertiary/aromatic N) is 2. The normalized spacial score (nSPS) is 12.2. The summed E-state index contributed by atoms with van der Waals surface area (Å²) in [6.45, 7) is 6.40. The van der Waals surface area contributed by atoms with E-state index in [-0.39, 0.29) is 0 Å². The first-order chi connectivity index (χ1) is 10.1. The fourth-order valence-electron chi connectivity index (χ4n) is 2.18. The number of nitrogen functional groups attached to an aromatic ring is 1. The van der Waals surface area contributed by atoms with Gasteiger partial charge < -0.3 is 10.7 Å². The number of nitrogens with two attached hydrogens (primary N) is 1. The maximum absolute atomic E-state index is 5.47. The van der Waals surface area contributed by atoms with E-state index in [1.54, 1.807) is 0 Å². The third kappa shape index (κ3) is 4.68. The first-order valence-corrected chi connectivity index (χ1v) is 8.08. The van der Waals surface area contributed by atoms with Gasteiger partial charge in [0.1, 0.15) is 17.5 Å². The zero-order valence-corrected chi connectivity index (χ0v) is 13.6. The highest BCUT2D eigenvalue weighted by atomic mass is 32.1. The minimum Gasteiger partial charge on any atom is -0.367 e. The number of aromatic nitrogens is 2. The number of hydrogen-bond acceptors (Lipinski definition) is 6. The van der Waals surface area contributed by atoms with Crippen LogP contribution in [0.4, 0.5) is 11.6 Å². The fraction of sp³-hybridized carbons (Fsp3) is 0.467. The van der Waals surface area contributed by atoms with Gasteiger partial charge in [0, 0.05) is 34.7 Å². The predicted molar refractivity (Wildman–Crippen MR) is 89.7 cm³/mol. The predicted octanol–water partition coefficient (Wildman–Crippen LogP) is 3.13. The van der Waals surface area contributed by atoms with Gasteiger partial charge in [-0.05, 0) is 32.4 Å². The van der Waals surface area contributed by atoms with Crippen molar-refractivity contribution in [2.24, 2.45) is 5.84 Å². The van der Waals surface area contributed by atoms with Crippen molar-refractivity contribution in [3.8, 4) is 0 Å². The van der Waals surface area contributed by atoms with Crippen LogP contribution in [0.1, 0.15) is 35.8 Å². The molecule has 114 valence electrons. The molecule has 0 radical (unpaired) electrons. The van der Waals surface area contributed by atoms with Gasteiger partial charge in [-0.1, -0.05) is 6.92 Å². The maximum atomic E-state index is 5.47. The summed E-state index contributed by atoms with van der Waals surface area (Å²) >= 11 is 1.84. The molecule has 4 N–H and O–H groups in total. The van der Waals surface area contributed by atoms with Gasteiger partial charge in [-0.3, -0.25) is 0 Å². The lowest BCUT2D eigenvalue weighted by molar-refractivity contribution is 0.782. The van der Waals surface area contributed by atoms with Crippen LogP contribution in [-0.2, 0) is 12.8 Å². The van der Waals surface area contributed by atoms with Gasteiger partial charge in [-0.2, -0.15) is 0 Å². The van der Waals surface area contributed by atoms with E-state index in [1.807, 2.05) is 17.4 Å². The average Bonchev–Trinajstić information content (AvgIpc) is 2.83. The lowest BCUT2D eigenvalue weighted by Crippen LogP contribution is -2.20. The second kappa shape index (κ2) is 7.38. The van der Waals surface area contributed by atoms with Gasteiger partial charge in [0.05, 0.1) is 0 Å². The van der Waals surface area contributed by atoms with Crippen LogP contribution in [0.25, 0.3) is 0 Å². The monoisotopic (exact) mass is 305 g/mol. The molecule has 5 nitrogen and oxygen atoms in total. The van der Waals surface area contributed by atoms with Crippen LogP contribution in [0.3, 0.4) is 0 Å². The molecule has 0 fully saturated rings. The SMILES string of the molecule is CCCc1nc(NN)cc(NC(C)Cc2ccc(C)s2)n1. The first-order valence-electron chi connectivity index (χ1n) is 7.27. The van der Waals surface area contributed by atoms with Crippen molar-refractivity contribution >= 4 is 23.0 Å². The number of aryl methyl sites for hydroxylation is 2. The molecule has 0 spiro atoms. The third-order valence-electron chi connectivity index (χ3n) is 3.09. The molecule has 0 amide bonds. The van der Waals surface area contributed by atoms with Gasteiger partial charge in [0.25, 0.3) is 0 Å². The third-order valence-corrected chi connectivity index (χ3v) is 4.11. The molecule has 21 heavy (non-hydrogen) atoms. The first kappa shape index (κ1) is 15.7. The summed E-state index contributed by atoms with van der Waals surface area (Å²) in [5.74, 6) is 7.76. The van der Waals surface area contributed by atoms with Crippen molar-refractivity contribution in [1.29, 1.82) is 0 Å². The van der Waals surface area contributed by atoms with Gasteiger partial charge in [0.15, 0.2) is 0 Å². The van der Waals surface area contributed by atoms with Gasteiger partial charge in [-0.25, -0.2) is 15.8 Å². The summed E-state index contributed by atoms with van der Waals surface area (Å²) in [7, 11) is 0. The van der Waals surface area contributed by atoms with Gasteiger partial charge in [0.2, 0.25) is 0 Å². The molecule has 1 atom stereocenters. The summed E-state index contributed by atoms with van der Waals surface area (Å²) in [6.07, 6.45) is 2.84. The molecule has 0 bridgehead atoms. The van der Waals surface area contributed by atoms with Crippen LogP contribution in [0.15, 0.2) is 18.2 Å². The quantitative estimate of drug-likeness (QED) is 0.541. The Balaban J connectivity index is 2.05. The molecule has 0 aliphatic heterocycles. The number of anilines is 2. The number of nitrogens with one attached hydrogen (secondary N) is 2. The Morgan fingerprint density at radius 1 is 1.29 bits per heavy atom. The van der Waals surface area contributed by atoms with Crippen molar-refractivity contribution < 1.29 is 0 Å². The second-order valence-corrected chi connectivity index (χ2v) is 6.58. The van der Waals surface area contributed by atoms with Gasteiger partial charge in [-0.15, -0.1) is 11.3 Å². The molecule has 0 aliphatic rings. The van der Waals surface area contributed by atoms with Crippen molar-refractivity contribution in [2.45, 2.75) is 46.1 Å². The summed E-state index contributed by atoms with van der Waals surface area (Å²) in [5.41, 5.74) is 2.60. The topological polar surface area (TPSA) is 75.9 Å². The zero-order chi connectivity index (χ0) is 15.2. The van der Waals surface area contributed by atoms with E-state index >= 15 is 0 Å². The highest BCUT2D eigenvalue weighted by Crippen LogP contribution is 2.19. The lowest BCUT2D eigenvalue weighted by Gasteiger charge is -2.15. The van der Waals surface area contributed by atoms with Crippen LogP contribution >= 0.6 is 11.3 Å². The smallest absolute Gasteiger partial charge is 0.145 e. The minimum atomic E-state index is 0.304. The second-order valence-electron chi connectivity index (χ2n) is 5.21. The van der Waals surface area contributed by atoms with Crippen LogP contribution in [0.5, 0.6) is 0 Å². The minimum absolute atomic E-state index is 0.304. The van der Waals surface area contributed by atoms with Crippen molar-refractivity contribution in [3.63, 3.8) is 0 Å². The summed E-state index contributed by atoms with van der Waals surface area (Å²) in [5, 5.41) is 3.43. The Morgan fingerprint density at radius 3 is 2.67 bits per heavy atom. The van der Waals surface area contributed by atoms with E-state index in [1.165, 1.54) is 9.75 Å². The maximum Gasteiger partial charge on any atom is 0.145 e. The molecule has 0 saturated carbocycles. The molecule has 1 unspecified atom stereocenters. The van der Waals surface area contributed by atoms with E-state index in [9.17, 15) is 0 Å². The van der Waals surface area contributed by atoms with E-state index in [2.05, 4.69) is 53.6 Å².